The third kappa shape index (κ3) is 3.02. The number of piperazine rings is 1. The van der Waals surface area contributed by atoms with Crippen molar-refractivity contribution in [2.24, 2.45) is 0 Å². The smallest absolute Gasteiger partial charge is 0.164 e. The van der Waals surface area contributed by atoms with Gasteiger partial charge in [0.05, 0.1) is 12.5 Å². The maximum Gasteiger partial charge on any atom is 0.164 e. The Balaban J connectivity index is 1.96. The molecule has 1 fully saturated rings. The highest BCUT2D eigenvalue weighted by Gasteiger charge is 2.23. The van der Waals surface area contributed by atoms with Gasteiger partial charge in [0.2, 0.25) is 0 Å². The Morgan fingerprint density at radius 3 is 3.06 bits per heavy atom. The van der Waals surface area contributed by atoms with Crippen molar-refractivity contribution in [3.8, 4) is 6.07 Å². The van der Waals surface area contributed by atoms with Gasteiger partial charge in [0.1, 0.15) is 5.82 Å². The summed E-state index contributed by atoms with van der Waals surface area (Å²) in [5.74, 6) is 1.47. The van der Waals surface area contributed by atoms with E-state index in [2.05, 4.69) is 45.1 Å². The Bertz CT molecular complexity index is 406. The molecule has 0 amide bonds. The fourth-order valence-corrected chi connectivity index (χ4v) is 2.12. The lowest BCUT2D eigenvalue weighted by Crippen LogP contribution is -2.50. The molecule has 1 unspecified atom stereocenters. The van der Waals surface area contributed by atoms with Crippen LogP contribution in [0.2, 0.25) is 0 Å². The van der Waals surface area contributed by atoms with Gasteiger partial charge in [-0.3, -0.25) is 5.10 Å². The molecule has 1 atom stereocenters. The maximum atomic E-state index is 8.57. The van der Waals surface area contributed by atoms with E-state index in [1.54, 1.807) is 0 Å². The average molecular weight is 234 g/mol. The summed E-state index contributed by atoms with van der Waals surface area (Å²) in [4.78, 5) is 9.00. The van der Waals surface area contributed by atoms with Crippen LogP contribution in [0.15, 0.2) is 0 Å². The Hall–Kier alpha value is -1.45. The third-order valence-electron chi connectivity index (χ3n) is 3.22. The summed E-state index contributed by atoms with van der Waals surface area (Å²) in [5, 5.41) is 15.5. The first-order valence-corrected chi connectivity index (χ1v) is 5.85. The molecule has 0 radical (unpaired) electrons. The van der Waals surface area contributed by atoms with Gasteiger partial charge in [-0.2, -0.15) is 10.4 Å². The zero-order chi connectivity index (χ0) is 12.3. The molecule has 0 aliphatic carbocycles. The number of nitrogens with one attached hydrogen (secondary N) is 1. The second kappa shape index (κ2) is 5.25. The van der Waals surface area contributed by atoms with E-state index < -0.39 is 0 Å². The van der Waals surface area contributed by atoms with Gasteiger partial charge in [-0.05, 0) is 14.1 Å². The van der Waals surface area contributed by atoms with E-state index in [-0.39, 0.29) is 6.42 Å². The molecule has 0 aromatic carbocycles. The first-order chi connectivity index (χ1) is 8.19. The molecular weight excluding hydrogens is 216 g/mol. The lowest BCUT2D eigenvalue weighted by atomic mass is 10.1. The predicted octanol–water partition coefficient (Wildman–Crippen LogP) is -0.341. The Kier molecular flexibility index (Phi) is 3.71. The van der Waals surface area contributed by atoms with E-state index in [0.717, 1.165) is 31.9 Å². The van der Waals surface area contributed by atoms with Gasteiger partial charge in [0.15, 0.2) is 5.82 Å². The monoisotopic (exact) mass is 234 g/mol. The first kappa shape index (κ1) is 12.0. The first-order valence-electron chi connectivity index (χ1n) is 5.85. The van der Waals surface area contributed by atoms with Gasteiger partial charge in [-0.1, -0.05) is 0 Å². The maximum absolute atomic E-state index is 8.57. The summed E-state index contributed by atoms with van der Waals surface area (Å²) in [6.45, 7) is 3.24. The minimum atomic E-state index is 0.275. The number of nitrogens with zero attached hydrogens (tertiary/aromatic N) is 5. The number of likely N-dealkylation sites (N-methyl/N-ethyl adjacent to an activating group) is 2. The van der Waals surface area contributed by atoms with Gasteiger partial charge in [0, 0.05) is 32.1 Å². The summed E-state index contributed by atoms with van der Waals surface area (Å²) in [7, 11) is 4.28. The number of aromatic nitrogens is 3. The molecule has 1 aliphatic rings. The molecule has 1 aromatic rings. The second-order valence-electron chi connectivity index (χ2n) is 4.63. The molecule has 0 spiro atoms. The van der Waals surface area contributed by atoms with Gasteiger partial charge < -0.3 is 9.80 Å². The van der Waals surface area contributed by atoms with Gasteiger partial charge in [-0.25, -0.2) is 4.98 Å². The number of rotatable bonds is 3. The third-order valence-corrected chi connectivity index (χ3v) is 3.22. The molecular formula is C11H18N6. The quantitative estimate of drug-likeness (QED) is 0.774. The van der Waals surface area contributed by atoms with Crippen LogP contribution in [0.4, 0.5) is 0 Å². The predicted molar refractivity (Wildman–Crippen MR) is 63.3 cm³/mol. The molecule has 0 bridgehead atoms. The Morgan fingerprint density at radius 2 is 2.29 bits per heavy atom. The fraction of sp³-hybridized carbons (Fsp3) is 0.727. The van der Waals surface area contributed by atoms with Crippen LogP contribution < -0.4 is 0 Å². The highest BCUT2D eigenvalue weighted by Crippen LogP contribution is 2.10. The van der Waals surface area contributed by atoms with Gasteiger partial charge in [0.25, 0.3) is 0 Å². The van der Waals surface area contributed by atoms with E-state index in [1.807, 2.05) is 0 Å². The number of H-pyrrole nitrogens is 1. The van der Waals surface area contributed by atoms with Crippen molar-refractivity contribution < 1.29 is 0 Å². The number of aromatic amines is 1. The molecule has 1 N–H and O–H groups in total. The topological polar surface area (TPSA) is 71.8 Å². The SMILES string of the molecule is CN1CCN(C)C(Cc2nc(CC#N)n[nH]2)C1. The van der Waals surface area contributed by atoms with Crippen molar-refractivity contribution in [3.63, 3.8) is 0 Å². The van der Waals surface area contributed by atoms with Crippen LogP contribution in [0.3, 0.4) is 0 Å². The van der Waals surface area contributed by atoms with Gasteiger partial charge >= 0.3 is 0 Å². The van der Waals surface area contributed by atoms with Crippen LogP contribution in [0, 0.1) is 11.3 Å². The summed E-state index contributed by atoms with van der Waals surface area (Å²) < 4.78 is 0. The average Bonchev–Trinajstić information content (AvgIpc) is 2.72. The van der Waals surface area contributed by atoms with Crippen molar-refractivity contribution in [1.29, 1.82) is 5.26 Å². The fourth-order valence-electron chi connectivity index (χ4n) is 2.12. The van der Waals surface area contributed by atoms with Crippen molar-refractivity contribution in [2.45, 2.75) is 18.9 Å². The van der Waals surface area contributed by atoms with Crippen molar-refractivity contribution in [1.82, 2.24) is 25.0 Å². The van der Waals surface area contributed by atoms with E-state index in [0.29, 0.717) is 11.9 Å². The zero-order valence-electron chi connectivity index (χ0n) is 10.3. The Morgan fingerprint density at radius 1 is 1.47 bits per heavy atom. The highest BCUT2D eigenvalue weighted by atomic mass is 15.3. The summed E-state index contributed by atoms with van der Waals surface area (Å²) in [6.07, 6.45) is 1.14. The van der Waals surface area contributed by atoms with Gasteiger partial charge in [-0.15, -0.1) is 0 Å². The molecule has 6 nitrogen and oxygen atoms in total. The molecule has 1 aliphatic heterocycles. The normalized spacial score (nSPS) is 22.5. The van der Waals surface area contributed by atoms with Crippen LogP contribution >= 0.6 is 0 Å². The number of hydrogen-bond donors (Lipinski definition) is 1. The van der Waals surface area contributed by atoms with Crippen molar-refractivity contribution in [3.05, 3.63) is 11.6 Å². The van der Waals surface area contributed by atoms with E-state index in [4.69, 9.17) is 5.26 Å². The lowest BCUT2D eigenvalue weighted by molar-refractivity contribution is 0.113. The van der Waals surface area contributed by atoms with Crippen LogP contribution in [-0.4, -0.2) is 64.8 Å². The van der Waals surface area contributed by atoms with Crippen molar-refractivity contribution >= 4 is 0 Å². The zero-order valence-corrected chi connectivity index (χ0v) is 10.3. The molecule has 0 saturated carbocycles. The Labute approximate surface area is 101 Å². The second-order valence-corrected chi connectivity index (χ2v) is 4.63. The van der Waals surface area contributed by atoms with E-state index in [1.165, 1.54) is 0 Å². The highest BCUT2D eigenvalue weighted by molar-refractivity contribution is 4.99. The molecule has 2 heterocycles. The molecule has 1 aromatic heterocycles. The summed E-state index contributed by atoms with van der Waals surface area (Å²) in [5.41, 5.74) is 0. The minimum Gasteiger partial charge on any atom is -0.304 e. The molecule has 1 saturated heterocycles. The molecule has 17 heavy (non-hydrogen) atoms. The lowest BCUT2D eigenvalue weighted by Gasteiger charge is -2.37. The van der Waals surface area contributed by atoms with E-state index in [9.17, 15) is 0 Å². The number of nitriles is 1. The standard InChI is InChI=1S/C11H18N6/c1-16-5-6-17(2)9(8-16)7-11-13-10(3-4-12)14-15-11/h9H,3,5-8H2,1-2H3,(H,13,14,15). The largest absolute Gasteiger partial charge is 0.304 e. The minimum absolute atomic E-state index is 0.275. The molecule has 6 heteroatoms. The van der Waals surface area contributed by atoms with Crippen LogP contribution in [0.25, 0.3) is 0 Å². The summed E-state index contributed by atoms with van der Waals surface area (Å²) >= 11 is 0. The van der Waals surface area contributed by atoms with Crippen molar-refractivity contribution in [2.75, 3.05) is 33.7 Å². The summed E-state index contributed by atoms with van der Waals surface area (Å²) in [6, 6.07) is 2.52. The molecule has 92 valence electrons. The van der Waals surface area contributed by atoms with Crippen LogP contribution in [-0.2, 0) is 12.8 Å². The number of hydrogen-bond acceptors (Lipinski definition) is 5. The van der Waals surface area contributed by atoms with E-state index >= 15 is 0 Å². The molecule has 2 rings (SSSR count). The van der Waals surface area contributed by atoms with Crippen LogP contribution in [0.1, 0.15) is 11.6 Å². The van der Waals surface area contributed by atoms with Crippen LogP contribution in [0.5, 0.6) is 0 Å².